The molecule has 0 radical (unpaired) electrons. The molecule has 0 aliphatic carbocycles. The fraction of sp³-hybridized carbons (Fsp3) is 0.444. The second-order valence-corrected chi connectivity index (χ2v) is 2.87. The van der Waals surface area contributed by atoms with Crippen molar-refractivity contribution in [2.75, 3.05) is 12.4 Å². The summed E-state index contributed by atoms with van der Waals surface area (Å²) in [6, 6.07) is 2.23. The van der Waals surface area contributed by atoms with Crippen LogP contribution in [0.2, 0.25) is 0 Å². The predicted molar refractivity (Wildman–Crippen MR) is 49.5 cm³/mol. The summed E-state index contributed by atoms with van der Waals surface area (Å²) in [7, 11) is 1.65. The van der Waals surface area contributed by atoms with Crippen LogP contribution in [-0.2, 0) is 0 Å². The first-order valence-corrected chi connectivity index (χ1v) is 3.98. The van der Waals surface area contributed by atoms with Crippen LogP contribution in [0, 0.1) is 0 Å². The number of ether oxygens (including phenoxy) is 1. The van der Waals surface area contributed by atoms with Crippen molar-refractivity contribution in [3.05, 3.63) is 18.5 Å². The van der Waals surface area contributed by atoms with Crippen LogP contribution in [0.25, 0.3) is 0 Å². The van der Waals surface area contributed by atoms with Crippen LogP contribution in [0.15, 0.2) is 18.5 Å². The molecule has 1 heterocycles. The first kappa shape index (κ1) is 8.84. The molecule has 1 aromatic heterocycles. The molecule has 0 atom stereocenters. The van der Waals surface area contributed by atoms with Gasteiger partial charge in [0.05, 0.1) is 19.0 Å². The highest BCUT2D eigenvalue weighted by molar-refractivity contribution is 5.54. The van der Waals surface area contributed by atoms with E-state index in [1.54, 1.807) is 19.5 Å². The Labute approximate surface area is 72.8 Å². The highest BCUT2D eigenvalue weighted by Gasteiger charge is 2.01. The highest BCUT2D eigenvalue weighted by atomic mass is 16.5. The largest absolute Gasteiger partial charge is 0.494 e. The van der Waals surface area contributed by atoms with Crippen LogP contribution in [0.1, 0.15) is 13.8 Å². The quantitative estimate of drug-likeness (QED) is 0.744. The van der Waals surface area contributed by atoms with Gasteiger partial charge in [-0.1, -0.05) is 0 Å². The molecule has 0 aliphatic heterocycles. The van der Waals surface area contributed by atoms with Gasteiger partial charge in [-0.3, -0.25) is 4.98 Å². The van der Waals surface area contributed by atoms with E-state index in [1.165, 1.54) is 0 Å². The summed E-state index contributed by atoms with van der Waals surface area (Å²) in [5.74, 6) is 0.832. The lowest BCUT2D eigenvalue weighted by Crippen LogP contribution is -2.10. The molecule has 3 nitrogen and oxygen atoms in total. The first-order chi connectivity index (χ1) is 5.74. The molecule has 12 heavy (non-hydrogen) atoms. The second kappa shape index (κ2) is 3.95. The average Bonchev–Trinajstić information content (AvgIpc) is 2.04. The Hall–Kier alpha value is -1.25. The summed E-state index contributed by atoms with van der Waals surface area (Å²) in [5.41, 5.74) is 0.940. The number of methoxy groups -OCH3 is 1. The van der Waals surface area contributed by atoms with E-state index in [-0.39, 0.29) is 0 Å². The molecule has 0 aliphatic rings. The van der Waals surface area contributed by atoms with E-state index in [4.69, 9.17) is 4.74 Å². The Balaban J connectivity index is 2.82. The summed E-state index contributed by atoms with van der Waals surface area (Å²) in [4.78, 5) is 4.00. The van der Waals surface area contributed by atoms with Gasteiger partial charge >= 0.3 is 0 Å². The average molecular weight is 166 g/mol. The summed E-state index contributed by atoms with van der Waals surface area (Å²) < 4.78 is 5.14. The molecular formula is C9H14N2O. The van der Waals surface area contributed by atoms with E-state index in [0.717, 1.165) is 11.4 Å². The van der Waals surface area contributed by atoms with Crippen molar-refractivity contribution in [3.63, 3.8) is 0 Å². The fourth-order valence-electron chi connectivity index (χ4n) is 0.979. The van der Waals surface area contributed by atoms with Crippen molar-refractivity contribution < 1.29 is 4.74 Å². The van der Waals surface area contributed by atoms with E-state index < -0.39 is 0 Å². The van der Waals surface area contributed by atoms with E-state index in [1.807, 2.05) is 6.07 Å². The van der Waals surface area contributed by atoms with E-state index in [9.17, 15) is 0 Å². The zero-order valence-corrected chi connectivity index (χ0v) is 7.66. The molecule has 0 amide bonds. The number of rotatable bonds is 3. The first-order valence-electron chi connectivity index (χ1n) is 3.98. The molecular weight excluding hydrogens is 152 g/mol. The molecule has 0 fully saturated rings. The standard InChI is InChI=1S/C9H14N2O/c1-7(2)11-8-6-10-5-4-9(8)12-3/h4-7,11H,1-3H3. The Morgan fingerprint density at radius 1 is 1.50 bits per heavy atom. The molecule has 1 aromatic rings. The molecule has 0 saturated heterocycles. The minimum atomic E-state index is 0.392. The van der Waals surface area contributed by atoms with Gasteiger partial charge in [-0.15, -0.1) is 0 Å². The lowest BCUT2D eigenvalue weighted by atomic mass is 10.3. The minimum Gasteiger partial charge on any atom is -0.494 e. The fourth-order valence-corrected chi connectivity index (χ4v) is 0.979. The van der Waals surface area contributed by atoms with Gasteiger partial charge < -0.3 is 10.1 Å². The van der Waals surface area contributed by atoms with Gasteiger partial charge in [-0.2, -0.15) is 0 Å². The molecule has 66 valence electrons. The Bertz CT molecular complexity index is 248. The second-order valence-electron chi connectivity index (χ2n) is 2.87. The van der Waals surface area contributed by atoms with Crippen molar-refractivity contribution in [2.24, 2.45) is 0 Å². The zero-order valence-electron chi connectivity index (χ0n) is 7.66. The Morgan fingerprint density at radius 2 is 2.25 bits per heavy atom. The summed E-state index contributed by atoms with van der Waals surface area (Å²) in [6.07, 6.45) is 3.48. The smallest absolute Gasteiger partial charge is 0.145 e. The summed E-state index contributed by atoms with van der Waals surface area (Å²) >= 11 is 0. The maximum atomic E-state index is 5.14. The van der Waals surface area contributed by atoms with Gasteiger partial charge in [0.2, 0.25) is 0 Å². The van der Waals surface area contributed by atoms with Crippen LogP contribution >= 0.6 is 0 Å². The number of pyridine rings is 1. The monoisotopic (exact) mass is 166 g/mol. The lowest BCUT2D eigenvalue weighted by molar-refractivity contribution is 0.415. The van der Waals surface area contributed by atoms with E-state index in [2.05, 4.69) is 24.1 Å². The van der Waals surface area contributed by atoms with Crippen molar-refractivity contribution in [3.8, 4) is 5.75 Å². The number of aromatic nitrogens is 1. The van der Waals surface area contributed by atoms with Crippen LogP contribution in [0.3, 0.4) is 0 Å². The van der Waals surface area contributed by atoms with Gasteiger partial charge in [0.15, 0.2) is 0 Å². The molecule has 0 spiro atoms. The van der Waals surface area contributed by atoms with Crippen molar-refractivity contribution >= 4 is 5.69 Å². The predicted octanol–water partition coefficient (Wildman–Crippen LogP) is 1.91. The number of nitrogens with one attached hydrogen (secondary N) is 1. The highest BCUT2D eigenvalue weighted by Crippen LogP contribution is 2.22. The van der Waals surface area contributed by atoms with Crippen LogP contribution < -0.4 is 10.1 Å². The van der Waals surface area contributed by atoms with Crippen molar-refractivity contribution in [1.29, 1.82) is 0 Å². The number of hydrogen-bond acceptors (Lipinski definition) is 3. The van der Waals surface area contributed by atoms with Gasteiger partial charge in [-0.25, -0.2) is 0 Å². The third-order valence-electron chi connectivity index (χ3n) is 1.45. The van der Waals surface area contributed by atoms with Gasteiger partial charge in [0.25, 0.3) is 0 Å². The van der Waals surface area contributed by atoms with E-state index in [0.29, 0.717) is 6.04 Å². The third-order valence-corrected chi connectivity index (χ3v) is 1.45. The SMILES string of the molecule is COc1ccncc1NC(C)C. The molecule has 0 unspecified atom stereocenters. The minimum absolute atomic E-state index is 0.392. The van der Waals surface area contributed by atoms with Gasteiger partial charge in [0, 0.05) is 18.3 Å². The Kier molecular flexibility index (Phi) is 2.91. The third kappa shape index (κ3) is 2.12. The van der Waals surface area contributed by atoms with Crippen molar-refractivity contribution in [2.45, 2.75) is 19.9 Å². The van der Waals surface area contributed by atoms with Crippen molar-refractivity contribution in [1.82, 2.24) is 4.98 Å². The topological polar surface area (TPSA) is 34.1 Å². The number of hydrogen-bond donors (Lipinski definition) is 1. The zero-order chi connectivity index (χ0) is 8.97. The lowest BCUT2D eigenvalue weighted by Gasteiger charge is -2.12. The van der Waals surface area contributed by atoms with Crippen LogP contribution in [0.4, 0.5) is 5.69 Å². The summed E-state index contributed by atoms with van der Waals surface area (Å²) in [5, 5.41) is 3.24. The van der Waals surface area contributed by atoms with Crippen LogP contribution in [-0.4, -0.2) is 18.1 Å². The molecule has 0 bridgehead atoms. The number of anilines is 1. The number of nitrogens with zero attached hydrogens (tertiary/aromatic N) is 1. The summed E-state index contributed by atoms with van der Waals surface area (Å²) in [6.45, 7) is 4.15. The maximum absolute atomic E-state index is 5.14. The molecule has 1 N–H and O–H groups in total. The Morgan fingerprint density at radius 3 is 2.83 bits per heavy atom. The molecule has 0 saturated carbocycles. The van der Waals surface area contributed by atoms with E-state index >= 15 is 0 Å². The molecule has 3 heteroatoms. The van der Waals surface area contributed by atoms with Gasteiger partial charge in [0.1, 0.15) is 5.75 Å². The van der Waals surface area contributed by atoms with Crippen LogP contribution in [0.5, 0.6) is 5.75 Å². The molecule has 0 aromatic carbocycles. The molecule has 1 rings (SSSR count). The van der Waals surface area contributed by atoms with Gasteiger partial charge in [-0.05, 0) is 13.8 Å². The normalized spacial score (nSPS) is 10.0. The maximum Gasteiger partial charge on any atom is 0.145 e.